The zero-order chi connectivity index (χ0) is 16.6. The minimum Gasteiger partial charge on any atom is -0.456 e. The molecule has 25 heavy (non-hydrogen) atoms. The molecule has 0 aliphatic rings. The first-order valence-corrected chi connectivity index (χ1v) is 8.22. The highest BCUT2D eigenvalue weighted by Gasteiger charge is 2.10. The Morgan fingerprint density at radius 2 is 1.36 bits per heavy atom. The SMILES string of the molecule is [c]1ccc(-c2ccc3oc4ccc(-c5cccnc5)cc4c3c2)cc1. The van der Waals surface area contributed by atoms with Crippen LogP contribution in [0.5, 0.6) is 0 Å². The number of fused-ring (bicyclic) bond motifs is 3. The molecule has 2 aromatic heterocycles. The summed E-state index contributed by atoms with van der Waals surface area (Å²) in [4.78, 5) is 4.22. The van der Waals surface area contributed by atoms with E-state index in [0.717, 1.165) is 33.1 Å². The summed E-state index contributed by atoms with van der Waals surface area (Å²) < 4.78 is 6.01. The quantitative estimate of drug-likeness (QED) is 0.392. The summed E-state index contributed by atoms with van der Waals surface area (Å²) in [6, 6.07) is 27.8. The maximum absolute atomic E-state index is 6.01. The monoisotopic (exact) mass is 320 g/mol. The third-order valence-corrected chi connectivity index (χ3v) is 4.52. The highest BCUT2D eigenvalue weighted by Crippen LogP contribution is 2.34. The van der Waals surface area contributed by atoms with E-state index in [0.29, 0.717) is 0 Å². The van der Waals surface area contributed by atoms with Gasteiger partial charge in [-0.1, -0.05) is 42.5 Å². The lowest BCUT2D eigenvalue weighted by Gasteiger charge is -2.02. The molecule has 0 saturated heterocycles. The predicted octanol–water partition coefficient (Wildman–Crippen LogP) is 6.12. The summed E-state index contributed by atoms with van der Waals surface area (Å²) >= 11 is 0. The summed E-state index contributed by atoms with van der Waals surface area (Å²) in [5.41, 5.74) is 6.41. The second kappa shape index (κ2) is 5.60. The fourth-order valence-corrected chi connectivity index (χ4v) is 3.25. The molecule has 0 amide bonds. The molecule has 0 atom stereocenters. The van der Waals surface area contributed by atoms with Gasteiger partial charge in [-0.15, -0.1) is 0 Å². The van der Waals surface area contributed by atoms with Gasteiger partial charge in [-0.05, 0) is 53.1 Å². The van der Waals surface area contributed by atoms with Gasteiger partial charge in [0.25, 0.3) is 0 Å². The van der Waals surface area contributed by atoms with Crippen molar-refractivity contribution in [1.82, 2.24) is 4.98 Å². The van der Waals surface area contributed by atoms with Gasteiger partial charge in [-0.3, -0.25) is 4.98 Å². The van der Waals surface area contributed by atoms with Crippen molar-refractivity contribution in [2.24, 2.45) is 0 Å². The van der Waals surface area contributed by atoms with E-state index in [-0.39, 0.29) is 0 Å². The molecule has 0 aliphatic heterocycles. The Bertz CT molecular complexity index is 1080. The summed E-state index contributed by atoms with van der Waals surface area (Å²) in [5.74, 6) is 0. The van der Waals surface area contributed by atoms with Gasteiger partial charge in [0.2, 0.25) is 0 Å². The van der Waals surface area contributed by atoms with Crippen LogP contribution in [0.25, 0.3) is 44.2 Å². The van der Waals surface area contributed by atoms with Crippen molar-refractivity contribution in [3.8, 4) is 22.3 Å². The molecule has 2 nitrogen and oxygen atoms in total. The maximum atomic E-state index is 6.01. The van der Waals surface area contributed by atoms with Gasteiger partial charge in [0.05, 0.1) is 0 Å². The Balaban J connectivity index is 1.73. The van der Waals surface area contributed by atoms with Gasteiger partial charge in [-0.2, -0.15) is 0 Å². The van der Waals surface area contributed by atoms with Gasteiger partial charge in [0, 0.05) is 28.7 Å². The second-order valence-corrected chi connectivity index (χ2v) is 6.05. The number of nitrogens with zero attached hydrogens (tertiary/aromatic N) is 1. The van der Waals surface area contributed by atoms with Crippen LogP contribution >= 0.6 is 0 Å². The third kappa shape index (κ3) is 2.39. The first-order chi connectivity index (χ1) is 12.4. The van der Waals surface area contributed by atoms with Crippen molar-refractivity contribution in [3.63, 3.8) is 0 Å². The molecular weight excluding hydrogens is 306 g/mol. The molecule has 5 aromatic rings. The molecule has 2 heteroatoms. The zero-order valence-corrected chi connectivity index (χ0v) is 13.4. The number of hydrogen-bond acceptors (Lipinski definition) is 2. The van der Waals surface area contributed by atoms with Crippen LogP contribution < -0.4 is 0 Å². The molecule has 2 heterocycles. The molecule has 5 rings (SSSR count). The largest absolute Gasteiger partial charge is 0.456 e. The number of furan rings is 1. The van der Waals surface area contributed by atoms with E-state index in [1.165, 1.54) is 11.1 Å². The number of benzene rings is 3. The lowest BCUT2D eigenvalue weighted by molar-refractivity contribution is 0.669. The normalized spacial score (nSPS) is 11.2. The van der Waals surface area contributed by atoms with Crippen LogP contribution in [0, 0.1) is 6.07 Å². The average Bonchev–Trinajstić information content (AvgIpc) is 3.06. The Kier molecular flexibility index (Phi) is 3.14. The second-order valence-electron chi connectivity index (χ2n) is 6.05. The molecule has 0 unspecified atom stereocenters. The molecule has 0 spiro atoms. The van der Waals surface area contributed by atoms with Crippen LogP contribution in [0.15, 0.2) is 89.6 Å². The van der Waals surface area contributed by atoms with Crippen molar-refractivity contribution in [1.29, 1.82) is 0 Å². The fraction of sp³-hybridized carbons (Fsp3) is 0. The van der Waals surface area contributed by atoms with E-state index < -0.39 is 0 Å². The lowest BCUT2D eigenvalue weighted by Crippen LogP contribution is -1.79. The van der Waals surface area contributed by atoms with Crippen LogP contribution in [0.3, 0.4) is 0 Å². The highest BCUT2D eigenvalue weighted by atomic mass is 16.3. The van der Waals surface area contributed by atoms with E-state index in [9.17, 15) is 0 Å². The molecule has 117 valence electrons. The van der Waals surface area contributed by atoms with Crippen LogP contribution in [0.1, 0.15) is 0 Å². The smallest absolute Gasteiger partial charge is 0.135 e. The molecule has 0 fully saturated rings. The third-order valence-electron chi connectivity index (χ3n) is 4.52. The van der Waals surface area contributed by atoms with Crippen LogP contribution in [-0.4, -0.2) is 4.98 Å². The minimum absolute atomic E-state index is 0.904. The van der Waals surface area contributed by atoms with Crippen molar-refractivity contribution >= 4 is 21.9 Å². The minimum atomic E-state index is 0.904. The molecular formula is C23H14NO. The average molecular weight is 320 g/mol. The Labute approximate surface area is 145 Å². The van der Waals surface area contributed by atoms with Crippen LogP contribution in [0.4, 0.5) is 0 Å². The van der Waals surface area contributed by atoms with Crippen molar-refractivity contribution in [2.75, 3.05) is 0 Å². The summed E-state index contributed by atoms with van der Waals surface area (Å²) in [6.45, 7) is 0. The van der Waals surface area contributed by atoms with E-state index in [1.807, 2.05) is 36.5 Å². The summed E-state index contributed by atoms with van der Waals surface area (Å²) in [7, 11) is 0. The van der Waals surface area contributed by atoms with E-state index in [2.05, 4.69) is 53.5 Å². The number of rotatable bonds is 2. The van der Waals surface area contributed by atoms with Crippen LogP contribution in [-0.2, 0) is 0 Å². The molecule has 0 saturated carbocycles. The van der Waals surface area contributed by atoms with E-state index in [1.54, 1.807) is 6.20 Å². The summed E-state index contributed by atoms with van der Waals surface area (Å²) in [5, 5.41) is 2.26. The maximum Gasteiger partial charge on any atom is 0.135 e. The van der Waals surface area contributed by atoms with Gasteiger partial charge < -0.3 is 4.42 Å². The van der Waals surface area contributed by atoms with Crippen molar-refractivity contribution in [2.45, 2.75) is 0 Å². The van der Waals surface area contributed by atoms with Crippen molar-refractivity contribution < 1.29 is 4.42 Å². The van der Waals surface area contributed by atoms with Gasteiger partial charge in [0.1, 0.15) is 11.2 Å². The highest BCUT2D eigenvalue weighted by molar-refractivity contribution is 6.07. The first kappa shape index (κ1) is 14.0. The first-order valence-electron chi connectivity index (χ1n) is 8.22. The molecule has 1 radical (unpaired) electrons. The van der Waals surface area contributed by atoms with Gasteiger partial charge in [0.15, 0.2) is 0 Å². The Hall–Kier alpha value is -3.39. The topological polar surface area (TPSA) is 26.0 Å². The Morgan fingerprint density at radius 3 is 2.00 bits per heavy atom. The zero-order valence-electron chi connectivity index (χ0n) is 13.4. The molecule has 0 N–H and O–H groups in total. The number of hydrogen-bond donors (Lipinski definition) is 0. The van der Waals surface area contributed by atoms with E-state index in [4.69, 9.17) is 4.42 Å². The Morgan fingerprint density at radius 1 is 0.680 bits per heavy atom. The van der Waals surface area contributed by atoms with Gasteiger partial charge in [-0.25, -0.2) is 0 Å². The lowest BCUT2D eigenvalue weighted by atomic mass is 10.0. The van der Waals surface area contributed by atoms with Gasteiger partial charge >= 0.3 is 0 Å². The molecule has 0 bridgehead atoms. The van der Waals surface area contributed by atoms with Crippen LogP contribution in [0.2, 0.25) is 0 Å². The molecule has 3 aromatic carbocycles. The number of pyridine rings is 1. The van der Waals surface area contributed by atoms with Crippen molar-refractivity contribution in [3.05, 3.63) is 91.3 Å². The number of aromatic nitrogens is 1. The van der Waals surface area contributed by atoms with E-state index >= 15 is 0 Å². The predicted molar refractivity (Wildman–Crippen MR) is 101 cm³/mol. The standard InChI is InChI=1S/C23H14NO/c1-2-5-16(6-3-1)17-8-10-22-20(13-17)21-14-18(9-11-23(21)25-22)19-7-4-12-24-15-19/h2-15H. The molecule has 0 aliphatic carbocycles. The fourth-order valence-electron chi connectivity index (χ4n) is 3.25. The summed E-state index contributed by atoms with van der Waals surface area (Å²) in [6.07, 6.45) is 3.67.